The summed E-state index contributed by atoms with van der Waals surface area (Å²) < 4.78 is 6.75. The second kappa shape index (κ2) is 9.06. The number of ether oxygens (including phenoxy) is 1. The molecular weight excluding hydrogens is 388 g/mol. The molecule has 0 bridgehead atoms. The lowest BCUT2D eigenvalue weighted by molar-refractivity contribution is -0.386. The lowest BCUT2D eigenvalue weighted by atomic mass is 10.0. The minimum Gasteiger partial charge on any atom is -0.452 e. The fraction of sp³-hybridized carbons (Fsp3) is 0.476. The summed E-state index contributed by atoms with van der Waals surface area (Å²) in [5.41, 5.74) is 2.04. The highest BCUT2D eigenvalue weighted by Crippen LogP contribution is 2.22. The maximum Gasteiger partial charge on any atom is 0.338 e. The molecule has 0 saturated carbocycles. The maximum atomic E-state index is 12.3. The third kappa shape index (κ3) is 4.84. The summed E-state index contributed by atoms with van der Waals surface area (Å²) in [4.78, 5) is 36.9. The van der Waals surface area contributed by atoms with Gasteiger partial charge in [-0.15, -0.1) is 0 Å². The Labute approximate surface area is 174 Å². The van der Waals surface area contributed by atoms with Crippen molar-refractivity contribution in [1.29, 1.82) is 0 Å². The molecule has 0 unspecified atom stereocenters. The number of rotatable bonds is 6. The first-order valence-corrected chi connectivity index (χ1v) is 9.98. The monoisotopic (exact) mass is 414 g/mol. The van der Waals surface area contributed by atoms with Gasteiger partial charge in [-0.25, -0.2) is 4.79 Å². The first kappa shape index (κ1) is 21.5. The molecule has 1 aliphatic rings. The molecule has 2 heterocycles. The SMILES string of the molecule is Cc1nn(Cc2ccc(C(=O)OCC(=O)N3CCC[C@H](C)C3)cc2)c(C)c1[N+](=O)[O-]. The highest BCUT2D eigenvalue weighted by Gasteiger charge is 2.23. The Morgan fingerprint density at radius 3 is 2.57 bits per heavy atom. The third-order valence-electron chi connectivity index (χ3n) is 5.38. The average Bonchev–Trinajstić information content (AvgIpc) is 2.99. The molecule has 9 nitrogen and oxygen atoms in total. The van der Waals surface area contributed by atoms with Crippen molar-refractivity contribution in [2.45, 2.75) is 40.2 Å². The number of aromatic nitrogens is 2. The Morgan fingerprint density at radius 2 is 1.97 bits per heavy atom. The summed E-state index contributed by atoms with van der Waals surface area (Å²) in [6, 6.07) is 6.72. The summed E-state index contributed by atoms with van der Waals surface area (Å²) in [5.74, 6) is -0.256. The number of hydrogen-bond donors (Lipinski definition) is 0. The van der Waals surface area contributed by atoms with Gasteiger partial charge in [-0.3, -0.25) is 19.6 Å². The van der Waals surface area contributed by atoms with E-state index in [2.05, 4.69) is 12.0 Å². The zero-order chi connectivity index (χ0) is 21.8. The lowest BCUT2D eigenvalue weighted by Crippen LogP contribution is -2.41. The van der Waals surface area contributed by atoms with E-state index in [9.17, 15) is 19.7 Å². The van der Waals surface area contributed by atoms with Crippen molar-refractivity contribution in [3.63, 3.8) is 0 Å². The number of aryl methyl sites for hydroxylation is 1. The largest absolute Gasteiger partial charge is 0.452 e. The van der Waals surface area contributed by atoms with Crippen LogP contribution in [0.25, 0.3) is 0 Å². The molecule has 160 valence electrons. The molecule has 30 heavy (non-hydrogen) atoms. The molecule has 1 fully saturated rings. The molecule has 1 amide bonds. The Morgan fingerprint density at radius 1 is 1.27 bits per heavy atom. The van der Waals surface area contributed by atoms with Gasteiger partial charge in [-0.05, 0) is 50.3 Å². The fourth-order valence-electron chi connectivity index (χ4n) is 3.74. The number of nitro groups is 1. The first-order chi connectivity index (χ1) is 14.3. The van der Waals surface area contributed by atoms with Crippen LogP contribution in [0.2, 0.25) is 0 Å². The smallest absolute Gasteiger partial charge is 0.338 e. The molecule has 1 saturated heterocycles. The molecule has 1 atom stereocenters. The number of piperidine rings is 1. The second-order valence-corrected chi connectivity index (χ2v) is 7.79. The van der Waals surface area contributed by atoms with Crippen molar-refractivity contribution in [3.8, 4) is 0 Å². The highest BCUT2D eigenvalue weighted by molar-refractivity contribution is 5.91. The molecule has 0 aliphatic carbocycles. The van der Waals surface area contributed by atoms with E-state index in [0.717, 1.165) is 18.4 Å². The van der Waals surface area contributed by atoms with E-state index in [0.29, 0.717) is 42.5 Å². The van der Waals surface area contributed by atoms with Crippen LogP contribution in [0.1, 0.15) is 47.1 Å². The zero-order valence-corrected chi connectivity index (χ0v) is 17.5. The Bertz CT molecular complexity index is 951. The van der Waals surface area contributed by atoms with Gasteiger partial charge in [0.25, 0.3) is 5.91 Å². The van der Waals surface area contributed by atoms with Crippen LogP contribution in [0.4, 0.5) is 5.69 Å². The highest BCUT2D eigenvalue weighted by atomic mass is 16.6. The van der Waals surface area contributed by atoms with Crippen LogP contribution >= 0.6 is 0 Å². The lowest BCUT2D eigenvalue weighted by Gasteiger charge is -2.30. The minimum absolute atomic E-state index is 0.0166. The molecule has 2 aromatic rings. The normalized spacial score (nSPS) is 16.4. The topological polar surface area (TPSA) is 108 Å². The van der Waals surface area contributed by atoms with Gasteiger partial charge < -0.3 is 9.64 Å². The van der Waals surface area contributed by atoms with Gasteiger partial charge in [0.05, 0.1) is 17.0 Å². The van der Waals surface area contributed by atoms with Crippen molar-refractivity contribution >= 4 is 17.6 Å². The number of esters is 1. The Hall–Kier alpha value is -3.23. The van der Waals surface area contributed by atoms with Crippen LogP contribution in [0.5, 0.6) is 0 Å². The van der Waals surface area contributed by atoms with Gasteiger partial charge in [0.2, 0.25) is 0 Å². The Balaban J connectivity index is 1.57. The molecule has 9 heteroatoms. The Kier molecular flexibility index (Phi) is 6.49. The van der Waals surface area contributed by atoms with Crippen molar-refractivity contribution < 1.29 is 19.2 Å². The van der Waals surface area contributed by atoms with E-state index in [-0.39, 0.29) is 18.2 Å². The predicted octanol–water partition coefficient (Wildman–Crippen LogP) is 2.87. The van der Waals surface area contributed by atoms with Gasteiger partial charge in [0.15, 0.2) is 6.61 Å². The van der Waals surface area contributed by atoms with Gasteiger partial charge in [-0.1, -0.05) is 19.1 Å². The summed E-state index contributed by atoms with van der Waals surface area (Å²) in [6.45, 7) is 6.87. The van der Waals surface area contributed by atoms with Gasteiger partial charge in [0.1, 0.15) is 11.4 Å². The molecule has 1 aromatic carbocycles. The van der Waals surface area contributed by atoms with Crippen LogP contribution in [0.15, 0.2) is 24.3 Å². The van der Waals surface area contributed by atoms with E-state index in [1.807, 2.05) is 0 Å². The van der Waals surface area contributed by atoms with Crippen LogP contribution in [-0.2, 0) is 16.1 Å². The van der Waals surface area contributed by atoms with E-state index >= 15 is 0 Å². The van der Waals surface area contributed by atoms with E-state index in [1.54, 1.807) is 47.7 Å². The van der Waals surface area contributed by atoms with Gasteiger partial charge in [0, 0.05) is 13.1 Å². The van der Waals surface area contributed by atoms with Crippen LogP contribution in [0.3, 0.4) is 0 Å². The van der Waals surface area contributed by atoms with E-state index in [4.69, 9.17) is 4.74 Å². The van der Waals surface area contributed by atoms with Crippen molar-refractivity contribution in [2.24, 2.45) is 5.92 Å². The van der Waals surface area contributed by atoms with Gasteiger partial charge in [-0.2, -0.15) is 5.10 Å². The van der Waals surface area contributed by atoms with Gasteiger partial charge >= 0.3 is 11.7 Å². The zero-order valence-electron chi connectivity index (χ0n) is 17.5. The average molecular weight is 414 g/mol. The molecule has 1 aliphatic heterocycles. The summed E-state index contributed by atoms with van der Waals surface area (Å²) >= 11 is 0. The molecular formula is C21H26N4O5. The van der Waals surface area contributed by atoms with Crippen LogP contribution < -0.4 is 0 Å². The molecule has 3 rings (SSSR count). The summed E-state index contributed by atoms with van der Waals surface area (Å²) in [7, 11) is 0. The molecule has 0 spiro atoms. The van der Waals surface area contributed by atoms with E-state index < -0.39 is 10.9 Å². The first-order valence-electron chi connectivity index (χ1n) is 9.98. The van der Waals surface area contributed by atoms with E-state index in [1.165, 1.54) is 0 Å². The standard InChI is InChI=1S/C21H26N4O5/c1-14-5-4-10-23(11-14)19(26)13-30-21(27)18-8-6-17(7-9-18)12-24-16(3)20(25(28)29)15(2)22-24/h6-9,14H,4-5,10-13H2,1-3H3/t14-/m0/s1. The molecule has 0 radical (unpaired) electrons. The van der Waals surface area contributed by atoms with Crippen molar-refractivity contribution in [1.82, 2.24) is 14.7 Å². The van der Waals surface area contributed by atoms with Crippen molar-refractivity contribution in [2.75, 3.05) is 19.7 Å². The summed E-state index contributed by atoms with van der Waals surface area (Å²) in [6.07, 6.45) is 2.08. The third-order valence-corrected chi connectivity index (χ3v) is 5.38. The van der Waals surface area contributed by atoms with Crippen LogP contribution in [-0.4, -0.2) is 51.2 Å². The number of likely N-dealkylation sites (tertiary alicyclic amines) is 1. The maximum absolute atomic E-state index is 12.3. The number of amides is 1. The fourth-order valence-corrected chi connectivity index (χ4v) is 3.74. The number of nitrogens with zero attached hydrogens (tertiary/aromatic N) is 4. The minimum atomic E-state index is -0.554. The number of hydrogen-bond acceptors (Lipinski definition) is 6. The summed E-state index contributed by atoms with van der Waals surface area (Å²) in [5, 5.41) is 15.4. The quantitative estimate of drug-likeness (QED) is 0.409. The number of benzene rings is 1. The van der Waals surface area contributed by atoms with Crippen molar-refractivity contribution in [3.05, 3.63) is 56.9 Å². The molecule has 0 N–H and O–H groups in total. The predicted molar refractivity (Wildman–Crippen MR) is 109 cm³/mol. The van der Waals surface area contributed by atoms with Crippen LogP contribution in [0, 0.1) is 29.9 Å². The molecule has 1 aromatic heterocycles. The second-order valence-electron chi connectivity index (χ2n) is 7.79. The number of carbonyl (C=O) groups is 2. The number of carbonyl (C=O) groups excluding carboxylic acids is 2.